The minimum absolute atomic E-state index is 0.179. The number of phenols is 3. The molecule has 0 unspecified atom stereocenters. The summed E-state index contributed by atoms with van der Waals surface area (Å²) in [5.74, 6) is 4.00. The number of nitrogens with one attached hydrogen (secondary N) is 3. The van der Waals surface area contributed by atoms with Crippen LogP contribution >= 0.6 is 0 Å². The maximum absolute atomic E-state index is 12.7. The van der Waals surface area contributed by atoms with Gasteiger partial charge in [0.15, 0.2) is 55.7 Å². The van der Waals surface area contributed by atoms with Gasteiger partial charge in [-0.1, -0.05) is 30.3 Å². The topological polar surface area (TPSA) is 240 Å². The van der Waals surface area contributed by atoms with Crippen molar-refractivity contribution in [2.75, 3.05) is 29.0 Å². The van der Waals surface area contributed by atoms with Gasteiger partial charge in [-0.3, -0.25) is 13.2 Å². The quantitative estimate of drug-likeness (QED) is 0.0629. The molecule has 0 saturated carbocycles. The van der Waals surface area contributed by atoms with Crippen LogP contribution in [0.1, 0.15) is 22.3 Å². The fraction of sp³-hybridized carbons (Fsp3) is 0.100. The van der Waals surface area contributed by atoms with E-state index in [4.69, 9.17) is 9.47 Å². The molecular formula is C60H49F3N12O7S. The van der Waals surface area contributed by atoms with Crippen molar-refractivity contribution in [2.45, 2.75) is 30.7 Å². The second-order valence-electron chi connectivity index (χ2n) is 18.8. The van der Waals surface area contributed by atoms with E-state index in [2.05, 4.69) is 45.9 Å². The Morgan fingerprint density at radius 2 is 0.843 bits per heavy atom. The molecule has 12 aromatic rings. The summed E-state index contributed by atoms with van der Waals surface area (Å²) in [7, 11) is -3.20. The Bertz CT molecular complexity index is 4350. The predicted molar refractivity (Wildman–Crippen MR) is 306 cm³/mol. The highest BCUT2D eigenvalue weighted by atomic mass is 32.2. The van der Waals surface area contributed by atoms with E-state index in [9.17, 15) is 36.9 Å². The number of fused-ring (bicyclic) bond motifs is 4. The molecule has 1 aliphatic heterocycles. The van der Waals surface area contributed by atoms with Crippen LogP contribution in [0.25, 0.3) is 50.7 Å². The number of halogens is 3. The Kier molecular flexibility index (Phi) is 15.2. The van der Waals surface area contributed by atoms with Crippen LogP contribution in [0.3, 0.4) is 0 Å². The van der Waals surface area contributed by atoms with Crippen molar-refractivity contribution in [3.63, 3.8) is 0 Å². The lowest BCUT2D eigenvalue weighted by Gasteiger charge is -2.10. The number of sulfone groups is 1. The highest BCUT2D eigenvalue weighted by molar-refractivity contribution is 7.90. The molecule has 0 saturated heterocycles. The average molecular weight is 1140 g/mol. The standard InChI is InChI=1S/C20H15F3N4O.C20H18N4O3S.C20H16N4O3/c21-20(22,23)15-5-1-13(2-6-15)11-25-18-19-26-12-17(27(19)10-9-24-18)14-3-7-16(28)8-4-14;1-28(26,27)17-8-2-14(3-9-17)12-22-19-20-23-13-18(24(20)11-10-21-19)15-4-6-16(25)7-5-15;25-15-4-2-14(3-5-15)16-11-23-20-19(21-7-8-24(16)20)22-10-13-1-6-17-18(9-13)27-12-26-17/h1-10,12,28H,11H2,(H,24,25);2-11,13,25H,12H2,1H3,(H,21,22);1-9,11,25H,10,12H2,(H,21,22). The van der Waals surface area contributed by atoms with Crippen molar-refractivity contribution >= 4 is 44.2 Å². The lowest BCUT2D eigenvalue weighted by Crippen LogP contribution is -2.06. The summed E-state index contributed by atoms with van der Waals surface area (Å²) in [4.78, 5) is 26.8. The average Bonchev–Trinajstić information content (AvgIpc) is 4.55. The molecule has 1 aliphatic rings. The molecule has 6 N–H and O–H groups in total. The molecule has 0 bridgehead atoms. The molecule has 418 valence electrons. The molecule has 6 aromatic carbocycles. The molecule has 13 rings (SSSR count). The number of aromatic nitrogens is 9. The van der Waals surface area contributed by atoms with Gasteiger partial charge < -0.3 is 40.7 Å². The van der Waals surface area contributed by atoms with Crippen LogP contribution in [0.2, 0.25) is 0 Å². The van der Waals surface area contributed by atoms with Crippen molar-refractivity contribution in [1.82, 2.24) is 43.1 Å². The van der Waals surface area contributed by atoms with Crippen LogP contribution in [-0.2, 0) is 35.6 Å². The Morgan fingerprint density at radius 1 is 0.482 bits per heavy atom. The second-order valence-corrected chi connectivity index (χ2v) is 20.9. The second kappa shape index (κ2) is 23.2. The number of phenolic OH excluding ortho intramolecular Hbond substituents is 3. The molecular weight excluding hydrogens is 1090 g/mol. The van der Waals surface area contributed by atoms with Crippen molar-refractivity contribution in [3.8, 4) is 62.5 Å². The summed E-state index contributed by atoms with van der Waals surface area (Å²) < 4.78 is 77.6. The van der Waals surface area contributed by atoms with Crippen molar-refractivity contribution < 1.29 is 46.4 Å². The summed E-state index contributed by atoms with van der Waals surface area (Å²) in [6.07, 6.45) is 12.6. The normalized spacial score (nSPS) is 11.9. The van der Waals surface area contributed by atoms with E-state index in [0.717, 1.165) is 74.2 Å². The van der Waals surface area contributed by atoms with Gasteiger partial charge in [-0.05, 0) is 126 Å². The molecule has 0 fully saturated rings. The van der Waals surface area contributed by atoms with Gasteiger partial charge >= 0.3 is 6.18 Å². The Labute approximate surface area is 471 Å². The number of ether oxygens (including phenoxy) is 2. The molecule has 7 heterocycles. The van der Waals surface area contributed by atoms with Gasteiger partial charge in [-0.25, -0.2) is 38.3 Å². The van der Waals surface area contributed by atoms with E-state index in [0.29, 0.717) is 58.8 Å². The Balaban J connectivity index is 0.000000130. The molecule has 23 heteroatoms. The maximum Gasteiger partial charge on any atom is 0.416 e. The van der Waals surface area contributed by atoms with Crippen molar-refractivity contribution in [1.29, 1.82) is 0 Å². The number of rotatable bonds is 13. The van der Waals surface area contributed by atoms with Gasteiger partial charge in [-0.2, -0.15) is 13.2 Å². The van der Waals surface area contributed by atoms with Crippen LogP contribution in [0, 0.1) is 0 Å². The number of hydrogen-bond donors (Lipinski definition) is 6. The number of benzene rings is 6. The van der Waals surface area contributed by atoms with E-state index in [1.807, 2.05) is 68.1 Å². The highest BCUT2D eigenvalue weighted by Gasteiger charge is 2.30. The van der Waals surface area contributed by atoms with Crippen LogP contribution in [0.15, 0.2) is 200 Å². The smallest absolute Gasteiger partial charge is 0.416 e. The van der Waals surface area contributed by atoms with Crippen molar-refractivity contribution in [2.24, 2.45) is 0 Å². The number of nitrogens with zero attached hydrogens (tertiary/aromatic N) is 9. The van der Waals surface area contributed by atoms with E-state index in [1.54, 1.807) is 116 Å². The molecule has 0 atom stereocenters. The van der Waals surface area contributed by atoms with Crippen LogP contribution in [-0.4, -0.2) is 79.9 Å². The molecule has 0 spiro atoms. The molecule has 0 aliphatic carbocycles. The maximum atomic E-state index is 12.7. The summed E-state index contributed by atoms with van der Waals surface area (Å²) in [5.41, 5.74) is 9.45. The first-order chi connectivity index (χ1) is 40.1. The van der Waals surface area contributed by atoms with Crippen LogP contribution < -0.4 is 25.4 Å². The van der Waals surface area contributed by atoms with Gasteiger partial charge in [0.2, 0.25) is 6.79 Å². The third kappa shape index (κ3) is 12.4. The van der Waals surface area contributed by atoms with Crippen LogP contribution in [0.5, 0.6) is 28.7 Å². The fourth-order valence-electron chi connectivity index (χ4n) is 8.94. The fourth-order valence-corrected chi connectivity index (χ4v) is 9.57. The molecule has 6 aromatic heterocycles. The first kappa shape index (κ1) is 54.3. The zero-order chi connectivity index (χ0) is 57.7. The zero-order valence-electron chi connectivity index (χ0n) is 43.8. The van der Waals surface area contributed by atoms with Crippen molar-refractivity contribution in [3.05, 3.63) is 218 Å². The largest absolute Gasteiger partial charge is 0.508 e. The predicted octanol–water partition coefficient (Wildman–Crippen LogP) is 11.3. The van der Waals surface area contributed by atoms with Gasteiger partial charge in [0.05, 0.1) is 46.1 Å². The Hall–Kier alpha value is -10.7. The van der Waals surface area contributed by atoms with E-state index in [1.165, 1.54) is 18.4 Å². The van der Waals surface area contributed by atoms with Crippen LogP contribution in [0.4, 0.5) is 30.6 Å². The minimum Gasteiger partial charge on any atom is -0.508 e. The lowest BCUT2D eigenvalue weighted by atomic mass is 10.1. The molecule has 83 heavy (non-hydrogen) atoms. The molecule has 0 radical (unpaired) electrons. The zero-order valence-corrected chi connectivity index (χ0v) is 44.7. The summed E-state index contributed by atoms with van der Waals surface area (Å²) in [5, 5.41) is 38.1. The lowest BCUT2D eigenvalue weighted by molar-refractivity contribution is -0.137. The summed E-state index contributed by atoms with van der Waals surface area (Å²) in [6, 6.07) is 38.3. The summed E-state index contributed by atoms with van der Waals surface area (Å²) >= 11 is 0. The first-order valence-electron chi connectivity index (χ1n) is 25.5. The minimum atomic E-state index is -4.35. The molecule has 0 amide bonds. The highest BCUT2D eigenvalue weighted by Crippen LogP contribution is 2.34. The van der Waals surface area contributed by atoms with Gasteiger partial charge in [0.25, 0.3) is 0 Å². The van der Waals surface area contributed by atoms with E-state index < -0.39 is 21.6 Å². The number of anilines is 3. The number of imidazole rings is 3. The Morgan fingerprint density at radius 3 is 1.23 bits per heavy atom. The van der Waals surface area contributed by atoms with E-state index >= 15 is 0 Å². The first-order valence-corrected chi connectivity index (χ1v) is 27.4. The van der Waals surface area contributed by atoms with E-state index in [-0.39, 0.29) is 24.0 Å². The molecule has 19 nitrogen and oxygen atoms in total. The number of alkyl halides is 3. The SMILES string of the molecule is CS(=O)(=O)c1ccc(CNc2nccn3c(-c4ccc(O)cc4)cnc23)cc1.Oc1ccc(-c2cnc3c(NCc4ccc(C(F)(F)F)cc4)nccn23)cc1.Oc1ccc(-c2cnc3c(NCc4ccc5c(c4)OCO5)nccn23)cc1. The third-order valence-corrected chi connectivity index (χ3v) is 14.4. The number of aromatic hydroxyl groups is 3. The van der Waals surface area contributed by atoms with Gasteiger partial charge in [0, 0.05) is 79.8 Å². The van der Waals surface area contributed by atoms with Gasteiger partial charge in [0.1, 0.15) is 17.2 Å². The summed E-state index contributed by atoms with van der Waals surface area (Å²) in [6.45, 7) is 1.65. The van der Waals surface area contributed by atoms with Gasteiger partial charge in [-0.15, -0.1) is 0 Å². The monoisotopic (exact) mass is 1140 g/mol. The third-order valence-electron chi connectivity index (χ3n) is 13.2. The number of hydrogen-bond acceptors (Lipinski definition) is 16.